The maximum absolute atomic E-state index is 4.36. The average Bonchev–Trinajstić information content (AvgIpc) is 2.53. The monoisotopic (exact) mass is 283 g/mol. The summed E-state index contributed by atoms with van der Waals surface area (Å²) in [7, 11) is 0. The minimum Gasteiger partial charge on any atom is -0.310 e. The molecule has 2 heterocycles. The van der Waals surface area contributed by atoms with Crippen molar-refractivity contribution in [1.82, 2.24) is 15.2 Å². The van der Waals surface area contributed by atoms with Crippen molar-refractivity contribution < 1.29 is 0 Å². The van der Waals surface area contributed by atoms with E-state index in [9.17, 15) is 0 Å². The van der Waals surface area contributed by atoms with Gasteiger partial charge < -0.3 is 10.2 Å². The van der Waals surface area contributed by atoms with E-state index in [0.29, 0.717) is 12.1 Å². The van der Waals surface area contributed by atoms with Gasteiger partial charge in [0, 0.05) is 36.4 Å². The Hall–Kier alpha value is -1.45. The summed E-state index contributed by atoms with van der Waals surface area (Å²) < 4.78 is 0. The van der Waals surface area contributed by atoms with Gasteiger partial charge in [0.25, 0.3) is 0 Å². The Balaban J connectivity index is 1.60. The molecule has 1 aromatic heterocycles. The fourth-order valence-electron chi connectivity index (χ4n) is 3.19. The van der Waals surface area contributed by atoms with Crippen LogP contribution in [0.5, 0.6) is 0 Å². The Labute approximate surface area is 127 Å². The Morgan fingerprint density at radius 2 is 1.95 bits per heavy atom. The molecule has 0 amide bonds. The Kier molecular flexibility index (Phi) is 4.51. The molecule has 1 fully saturated rings. The van der Waals surface area contributed by atoms with E-state index in [1.807, 2.05) is 12.4 Å². The lowest BCUT2D eigenvalue weighted by molar-refractivity contribution is 0.161. The predicted octanol–water partition coefficient (Wildman–Crippen LogP) is 3.20. The molecule has 3 rings (SSSR count). The first-order chi connectivity index (χ1) is 10.2. The molecular weight excluding hydrogens is 258 g/mol. The average molecular weight is 283 g/mol. The third-order valence-electron chi connectivity index (χ3n) is 4.59. The van der Waals surface area contributed by atoms with Crippen LogP contribution in [-0.4, -0.2) is 35.1 Å². The van der Waals surface area contributed by atoms with Crippen LogP contribution in [0.2, 0.25) is 0 Å². The lowest BCUT2D eigenvalue weighted by Crippen LogP contribution is -2.44. The zero-order chi connectivity index (χ0) is 14.7. The summed E-state index contributed by atoms with van der Waals surface area (Å²) >= 11 is 0. The van der Waals surface area contributed by atoms with Gasteiger partial charge >= 0.3 is 0 Å². The summed E-state index contributed by atoms with van der Waals surface area (Å²) in [5.41, 5.74) is 1.30. The third kappa shape index (κ3) is 3.42. The van der Waals surface area contributed by atoms with Crippen molar-refractivity contribution >= 4 is 10.8 Å². The van der Waals surface area contributed by atoms with Crippen molar-refractivity contribution in [3.8, 4) is 0 Å². The van der Waals surface area contributed by atoms with Crippen LogP contribution in [0.15, 0.2) is 36.7 Å². The van der Waals surface area contributed by atoms with Crippen LogP contribution < -0.4 is 5.32 Å². The first-order valence-corrected chi connectivity index (χ1v) is 8.03. The summed E-state index contributed by atoms with van der Waals surface area (Å²) in [5, 5.41) is 6.27. The maximum atomic E-state index is 4.36. The summed E-state index contributed by atoms with van der Waals surface area (Å²) in [6, 6.07) is 9.81. The molecule has 0 atom stereocenters. The summed E-state index contributed by atoms with van der Waals surface area (Å²) in [6.45, 7) is 7.91. The number of piperidine rings is 1. The highest BCUT2D eigenvalue weighted by atomic mass is 15.2. The minimum absolute atomic E-state index is 0.638. The normalized spacial score (nSPS) is 17.7. The Bertz CT molecular complexity index is 581. The van der Waals surface area contributed by atoms with Crippen LogP contribution in [0.3, 0.4) is 0 Å². The van der Waals surface area contributed by atoms with Crippen molar-refractivity contribution in [2.75, 3.05) is 13.1 Å². The number of benzene rings is 1. The molecule has 1 aromatic carbocycles. The molecule has 0 spiro atoms. The first-order valence-electron chi connectivity index (χ1n) is 8.03. The van der Waals surface area contributed by atoms with Crippen molar-refractivity contribution in [3.63, 3.8) is 0 Å². The molecule has 21 heavy (non-hydrogen) atoms. The smallest absolute Gasteiger partial charge is 0.0346 e. The SMILES string of the molecule is CC(C)N1CCC(NCc2cncc3ccccc23)CC1. The number of hydrogen-bond acceptors (Lipinski definition) is 3. The number of hydrogen-bond donors (Lipinski definition) is 1. The van der Waals surface area contributed by atoms with Gasteiger partial charge in [-0.05, 0) is 50.7 Å². The van der Waals surface area contributed by atoms with Crippen molar-refractivity contribution in [2.45, 2.75) is 45.3 Å². The topological polar surface area (TPSA) is 28.2 Å². The molecule has 1 aliphatic heterocycles. The zero-order valence-electron chi connectivity index (χ0n) is 13.0. The van der Waals surface area contributed by atoms with Crippen LogP contribution in [0.1, 0.15) is 32.3 Å². The highest BCUT2D eigenvalue weighted by Gasteiger charge is 2.20. The summed E-state index contributed by atoms with van der Waals surface area (Å²) in [6.07, 6.45) is 6.44. The van der Waals surface area contributed by atoms with E-state index in [-0.39, 0.29) is 0 Å². The van der Waals surface area contributed by atoms with Gasteiger partial charge in [0.05, 0.1) is 0 Å². The maximum Gasteiger partial charge on any atom is 0.0346 e. The summed E-state index contributed by atoms with van der Waals surface area (Å²) in [4.78, 5) is 6.93. The van der Waals surface area contributed by atoms with E-state index in [1.165, 1.54) is 42.3 Å². The van der Waals surface area contributed by atoms with E-state index < -0.39 is 0 Å². The van der Waals surface area contributed by atoms with Gasteiger partial charge in [-0.15, -0.1) is 0 Å². The number of pyridine rings is 1. The molecule has 0 unspecified atom stereocenters. The molecule has 0 radical (unpaired) electrons. The lowest BCUT2D eigenvalue weighted by Gasteiger charge is -2.35. The molecule has 1 aliphatic rings. The minimum atomic E-state index is 0.638. The number of likely N-dealkylation sites (tertiary alicyclic amines) is 1. The molecular formula is C18H25N3. The number of rotatable bonds is 4. The highest BCUT2D eigenvalue weighted by molar-refractivity contribution is 5.84. The Morgan fingerprint density at radius 1 is 1.19 bits per heavy atom. The highest BCUT2D eigenvalue weighted by Crippen LogP contribution is 2.18. The second-order valence-corrected chi connectivity index (χ2v) is 6.30. The van der Waals surface area contributed by atoms with Crippen LogP contribution >= 0.6 is 0 Å². The second-order valence-electron chi connectivity index (χ2n) is 6.30. The van der Waals surface area contributed by atoms with Crippen LogP contribution in [-0.2, 0) is 6.54 Å². The third-order valence-corrected chi connectivity index (χ3v) is 4.59. The van der Waals surface area contributed by atoms with Gasteiger partial charge in [-0.1, -0.05) is 24.3 Å². The van der Waals surface area contributed by atoms with Gasteiger partial charge in [0.1, 0.15) is 0 Å². The molecule has 0 saturated carbocycles. The number of aromatic nitrogens is 1. The van der Waals surface area contributed by atoms with Crippen LogP contribution in [0.4, 0.5) is 0 Å². The van der Waals surface area contributed by atoms with Gasteiger partial charge in [-0.25, -0.2) is 0 Å². The van der Waals surface area contributed by atoms with Crippen molar-refractivity contribution in [1.29, 1.82) is 0 Å². The molecule has 3 heteroatoms. The molecule has 1 N–H and O–H groups in total. The number of fused-ring (bicyclic) bond motifs is 1. The fraction of sp³-hybridized carbons (Fsp3) is 0.500. The van der Waals surface area contributed by atoms with Gasteiger partial charge in [0.2, 0.25) is 0 Å². The molecule has 3 nitrogen and oxygen atoms in total. The van der Waals surface area contributed by atoms with Crippen molar-refractivity contribution in [2.24, 2.45) is 0 Å². The summed E-state index contributed by atoms with van der Waals surface area (Å²) in [5.74, 6) is 0. The number of nitrogens with one attached hydrogen (secondary N) is 1. The zero-order valence-corrected chi connectivity index (χ0v) is 13.0. The number of nitrogens with zero attached hydrogens (tertiary/aromatic N) is 2. The fourth-order valence-corrected chi connectivity index (χ4v) is 3.19. The largest absolute Gasteiger partial charge is 0.310 e. The van der Waals surface area contributed by atoms with E-state index in [2.05, 4.69) is 53.3 Å². The van der Waals surface area contributed by atoms with Crippen LogP contribution in [0, 0.1) is 0 Å². The molecule has 112 valence electrons. The standard InChI is InChI=1S/C18H25N3/c1-14(2)21-9-7-17(8-10-21)20-13-16-12-19-11-15-5-3-4-6-18(15)16/h3-6,11-12,14,17,20H,7-10,13H2,1-2H3. The first kappa shape index (κ1) is 14.5. The van der Waals surface area contributed by atoms with E-state index in [1.54, 1.807) is 0 Å². The second kappa shape index (κ2) is 6.54. The molecule has 0 aliphatic carbocycles. The van der Waals surface area contributed by atoms with E-state index in [4.69, 9.17) is 0 Å². The van der Waals surface area contributed by atoms with Gasteiger partial charge in [0.15, 0.2) is 0 Å². The van der Waals surface area contributed by atoms with Crippen molar-refractivity contribution in [3.05, 3.63) is 42.2 Å². The van der Waals surface area contributed by atoms with Gasteiger partial charge in [-0.3, -0.25) is 4.98 Å². The van der Waals surface area contributed by atoms with Gasteiger partial charge in [-0.2, -0.15) is 0 Å². The predicted molar refractivity (Wildman–Crippen MR) is 88.3 cm³/mol. The molecule has 1 saturated heterocycles. The van der Waals surface area contributed by atoms with E-state index in [0.717, 1.165) is 6.54 Å². The quantitative estimate of drug-likeness (QED) is 0.934. The Morgan fingerprint density at radius 3 is 2.71 bits per heavy atom. The van der Waals surface area contributed by atoms with E-state index >= 15 is 0 Å². The lowest BCUT2D eigenvalue weighted by atomic mass is 10.0. The van der Waals surface area contributed by atoms with Crippen LogP contribution in [0.25, 0.3) is 10.8 Å². The molecule has 2 aromatic rings. The molecule has 0 bridgehead atoms.